The van der Waals surface area contributed by atoms with Gasteiger partial charge in [-0.05, 0) is 22.3 Å². The van der Waals surface area contributed by atoms with Gasteiger partial charge in [0.1, 0.15) is 0 Å². The minimum Gasteiger partial charge on any atom is -0.351 e. The summed E-state index contributed by atoms with van der Waals surface area (Å²) in [6.45, 7) is 0.583. The average molecular weight is 469 g/mol. The normalized spacial score (nSPS) is 16.8. The van der Waals surface area contributed by atoms with E-state index in [4.69, 9.17) is 0 Å². The lowest BCUT2D eigenvalue weighted by Gasteiger charge is -2.14. The highest BCUT2D eigenvalue weighted by Crippen LogP contribution is 2.26. The fourth-order valence-corrected chi connectivity index (χ4v) is 3.54. The lowest BCUT2D eigenvalue weighted by molar-refractivity contribution is -0.123. The lowest BCUT2D eigenvalue weighted by Crippen LogP contribution is -2.40. The molecule has 2 N–H and O–H groups in total. The second kappa shape index (κ2) is 10.7. The van der Waals surface area contributed by atoms with Crippen LogP contribution in [0.3, 0.4) is 0 Å². The average Bonchev–Trinajstić information content (AvgIpc) is 3.36. The molecule has 1 aromatic heterocycles. The van der Waals surface area contributed by atoms with E-state index in [0.717, 1.165) is 28.8 Å². The summed E-state index contributed by atoms with van der Waals surface area (Å²) in [5, 5.41) is 5.37. The van der Waals surface area contributed by atoms with Gasteiger partial charge in [0, 0.05) is 31.9 Å². The first-order valence-electron chi connectivity index (χ1n) is 9.52. The minimum atomic E-state index is -2.82. The monoisotopic (exact) mass is 468 g/mol. The van der Waals surface area contributed by atoms with Gasteiger partial charge in [0.05, 0.1) is 18.9 Å². The van der Waals surface area contributed by atoms with Crippen LogP contribution in [0, 0.1) is 0 Å². The maximum absolute atomic E-state index is 13.3. The number of carbonyl (C=O) groups excluding carboxylic acids is 1. The third kappa shape index (κ3) is 6.26. The summed E-state index contributed by atoms with van der Waals surface area (Å²) in [5.74, 6) is -3.22. The summed E-state index contributed by atoms with van der Waals surface area (Å²) in [5.41, 5.74) is 4.14. The van der Waals surface area contributed by atoms with Crippen LogP contribution in [0.25, 0.3) is 11.1 Å². The summed E-state index contributed by atoms with van der Waals surface area (Å²) in [6, 6.07) is 15.2. The second-order valence-corrected chi connectivity index (χ2v) is 7.30. The van der Waals surface area contributed by atoms with Gasteiger partial charge in [-0.2, -0.15) is 0 Å². The summed E-state index contributed by atoms with van der Waals surface area (Å²) >= 11 is 0. The molecule has 3 aromatic rings. The Morgan fingerprint density at radius 2 is 1.90 bits per heavy atom. The van der Waals surface area contributed by atoms with E-state index < -0.39 is 30.8 Å². The van der Waals surface area contributed by atoms with Gasteiger partial charge in [-0.15, -0.1) is 24.8 Å². The fraction of sp³-hybridized carbons (Fsp3) is 0.273. The van der Waals surface area contributed by atoms with Crippen LogP contribution in [-0.4, -0.2) is 34.0 Å². The standard InChI is InChI=1S/C22H22F2N4O.2ClH/c23-22(24)11-20(27-14-22)21(29)26-12-18-3-1-2-4-19(18)17-7-5-16(6-8-17)13-28-10-9-25-15-28;;/h1-10,15,20,27H,11-14H2,(H,26,29);2*1H. The molecule has 5 nitrogen and oxygen atoms in total. The molecule has 1 aliphatic rings. The maximum atomic E-state index is 13.3. The van der Waals surface area contributed by atoms with Gasteiger partial charge >= 0.3 is 0 Å². The third-order valence-corrected chi connectivity index (χ3v) is 5.09. The molecule has 31 heavy (non-hydrogen) atoms. The quantitative estimate of drug-likeness (QED) is 0.573. The molecule has 1 unspecified atom stereocenters. The molecule has 166 valence electrons. The van der Waals surface area contributed by atoms with Gasteiger partial charge in [0.25, 0.3) is 5.92 Å². The van der Waals surface area contributed by atoms with E-state index in [9.17, 15) is 13.6 Å². The first-order chi connectivity index (χ1) is 14.0. The number of hydrogen-bond acceptors (Lipinski definition) is 3. The van der Waals surface area contributed by atoms with Crippen molar-refractivity contribution in [2.45, 2.75) is 31.5 Å². The van der Waals surface area contributed by atoms with Crippen molar-refractivity contribution in [1.82, 2.24) is 20.2 Å². The molecule has 1 amide bonds. The predicted octanol–water partition coefficient (Wildman–Crippen LogP) is 4.06. The Balaban J connectivity index is 0.00000171. The summed E-state index contributed by atoms with van der Waals surface area (Å²) in [4.78, 5) is 16.3. The number of halogens is 4. The van der Waals surface area contributed by atoms with Crippen LogP contribution in [0.4, 0.5) is 8.78 Å². The van der Waals surface area contributed by atoms with Gasteiger partial charge in [-0.1, -0.05) is 48.5 Å². The molecule has 0 radical (unpaired) electrons. The molecule has 0 bridgehead atoms. The molecule has 1 aliphatic heterocycles. The Kier molecular flexibility index (Phi) is 8.56. The Hall–Kier alpha value is -2.48. The molecule has 1 fully saturated rings. The first-order valence-corrected chi connectivity index (χ1v) is 9.52. The second-order valence-electron chi connectivity index (χ2n) is 7.30. The minimum absolute atomic E-state index is 0. The van der Waals surface area contributed by atoms with Crippen LogP contribution in [0.15, 0.2) is 67.3 Å². The number of nitrogens with zero attached hydrogens (tertiary/aromatic N) is 2. The van der Waals surface area contributed by atoms with Gasteiger partial charge in [0.15, 0.2) is 0 Å². The van der Waals surface area contributed by atoms with E-state index in [-0.39, 0.29) is 31.4 Å². The topological polar surface area (TPSA) is 59.0 Å². The Labute approximate surface area is 192 Å². The Bertz CT molecular complexity index is 981. The van der Waals surface area contributed by atoms with Gasteiger partial charge in [-0.3, -0.25) is 10.1 Å². The first kappa shape index (κ1) is 24.8. The summed E-state index contributed by atoms with van der Waals surface area (Å²) in [7, 11) is 0. The van der Waals surface area contributed by atoms with Crippen LogP contribution in [0.1, 0.15) is 17.5 Å². The number of aromatic nitrogens is 2. The van der Waals surface area contributed by atoms with Crippen LogP contribution in [0.2, 0.25) is 0 Å². The number of rotatable bonds is 6. The molecule has 0 aliphatic carbocycles. The van der Waals surface area contributed by atoms with Crippen LogP contribution < -0.4 is 10.6 Å². The van der Waals surface area contributed by atoms with Crippen molar-refractivity contribution in [1.29, 1.82) is 0 Å². The van der Waals surface area contributed by atoms with E-state index in [1.807, 2.05) is 47.2 Å². The highest BCUT2D eigenvalue weighted by molar-refractivity contribution is 5.85. The van der Waals surface area contributed by atoms with Gasteiger partial charge in [0.2, 0.25) is 5.91 Å². The van der Waals surface area contributed by atoms with Crippen molar-refractivity contribution in [3.63, 3.8) is 0 Å². The number of amides is 1. The molecule has 9 heteroatoms. The van der Waals surface area contributed by atoms with E-state index in [1.54, 1.807) is 12.5 Å². The summed E-state index contributed by atoms with van der Waals surface area (Å²) < 4.78 is 28.6. The van der Waals surface area contributed by atoms with Crippen molar-refractivity contribution >= 4 is 30.7 Å². The van der Waals surface area contributed by atoms with E-state index in [2.05, 4.69) is 27.8 Å². The molecule has 1 atom stereocenters. The summed E-state index contributed by atoms with van der Waals surface area (Å²) in [6.07, 6.45) is 4.99. The molecule has 0 spiro atoms. The zero-order valence-corrected chi connectivity index (χ0v) is 18.3. The van der Waals surface area contributed by atoms with E-state index >= 15 is 0 Å². The van der Waals surface area contributed by atoms with Crippen molar-refractivity contribution in [2.75, 3.05) is 6.54 Å². The number of carbonyl (C=O) groups is 1. The fourth-order valence-electron chi connectivity index (χ4n) is 3.54. The number of benzene rings is 2. The molecular formula is C22H24Cl2F2N4O. The largest absolute Gasteiger partial charge is 0.351 e. The van der Waals surface area contributed by atoms with Crippen molar-refractivity contribution in [2.24, 2.45) is 0 Å². The lowest BCUT2D eigenvalue weighted by atomic mass is 9.98. The van der Waals surface area contributed by atoms with E-state index in [0.29, 0.717) is 0 Å². The van der Waals surface area contributed by atoms with Crippen molar-refractivity contribution in [3.05, 3.63) is 78.4 Å². The van der Waals surface area contributed by atoms with Gasteiger partial charge in [-0.25, -0.2) is 13.8 Å². The highest BCUT2D eigenvalue weighted by atomic mass is 35.5. The van der Waals surface area contributed by atoms with Gasteiger partial charge < -0.3 is 9.88 Å². The molecule has 4 rings (SSSR count). The maximum Gasteiger partial charge on any atom is 0.262 e. The predicted molar refractivity (Wildman–Crippen MR) is 121 cm³/mol. The molecule has 2 heterocycles. The highest BCUT2D eigenvalue weighted by Gasteiger charge is 2.42. The third-order valence-electron chi connectivity index (χ3n) is 5.09. The molecule has 2 aromatic carbocycles. The molecular weight excluding hydrogens is 445 g/mol. The zero-order valence-electron chi connectivity index (χ0n) is 16.6. The molecule has 1 saturated heterocycles. The number of imidazole rings is 1. The molecule has 0 saturated carbocycles. The smallest absolute Gasteiger partial charge is 0.262 e. The van der Waals surface area contributed by atoms with Crippen LogP contribution in [-0.2, 0) is 17.9 Å². The SMILES string of the molecule is Cl.Cl.O=C(NCc1ccccc1-c1ccc(Cn2ccnc2)cc1)C1CC(F)(F)CN1. The van der Waals surface area contributed by atoms with Crippen LogP contribution >= 0.6 is 24.8 Å². The van der Waals surface area contributed by atoms with Crippen LogP contribution in [0.5, 0.6) is 0 Å². The Morgan fingerprint density at radius 3 is 2.55 bits per heavy atom. The van der Waals surface area contributed by atoms with Crippen molar-refractivity contribution < 1.29 is 13.6 Å². The number of nitrogens with one attached hydrogen (secondary N) is 2. The van der Waals surface area contributed by atoms with Crippen molar-refractivity contribution in [3.8, 4) is 11.1 Å². The number of alkyl halides is 2. The Morgan fingerprint density at radius 1 is 1.16 bits per heavy atom. The van der Waals surface area contributed by atoms with E-state index in [1.165, 1.54) is 0 Å². The number of hydrogen-bond donors (Lipinski definition) is 2. The zero-order chi connectivity index (χ0) is 20.3.